The first-order valence-corrected chi connectivity index (χ1v) is 9.07. The lowest BCUT2D eigenvalue weighted by molar-refractivity contribution is 0.311. The molecule has 0 unspecified atom stereocenters. The molecule has 3 aromatic rings. The first-order valence-electron chi connectivity index (χ1n) is 9.07. The van der Waals surface area contributed by atoms with Gasteiger partial charge in [-0.3, -0.25) is 4.98 Å². The molecule has 0 spiro atoms. The Morgan fingerprint density at radius 2 is 1.92 bits per heavy atom. The Morgan fingerprint density at radius 3 is 2.65 bits per heavy atom. The van der Waals surface area contributed by atoms with Crippen LogP contribution in [0.15, 0.2) is 42.7 Å². The molecule has 0 saturated heterocycles. The summed E-state index contributed by atoms with van der Waals surface area (Å²) in [6, 6.07) is 10.7. The number of allylic oxidation sites excluding steroid dienone is 1. The Morgan fingerprint density at radius 1 is 1.15 bits per heavy atom. The molecule has 1 aromatic carbocycles. The fourth-order valence-corrected chi connectivity index (χ4v) is 4.07. The summed E-state index contributed by atoms with van der Waals surface area (Å²) in [4.78, 5) is 6.53. The van der Waals surface area contributed by atoms with Crippen LogP contribution in [0.5, 0.6) is 0 Å². The van der Waals surface area contributed by atoms with Crippen LogP contribution in [0.1, 0.15) is 29.3 Å². The Kier molecular flexibility index (Phi) is 4.29. The first-order chi connectivity index (χ1) is 12.6. The average Bonchev–Trinajstić information content (AvgIpc) is 2.96. The van der Waals surface area contributed by atoms with Gasteiger partial charge in [0.05, 0.1) is 18.3 Å². The molecule has 0 radical (unpaired) electrons. The van der Waals surface area contributed by atoms with Crippen LogP contribution in [-0.2, 0) is 17.7 Å². The van der Waals surface area contributed by atoms with Gasteiger partial charge in [-0.2, -0.15) is 0 Å². The molecule has 2 aromatic heterocycles. The number of fused-ring (bicyclic) bond motifs is 3. The summed E-state index contributed by atoms with van der Waals surface area (Å²) < 4.78 is 8.23. The maximum Gasteiger partial charge on any atom is 0.145 e. The fourth-order valence-electron chi connectivity index (χ4n) is 4.07. The monoisotopic (exact) mass is 347 g/mol. The molecule has 0 amide bonds. The topological polar surface area (TPSA) is 30.3 Å². The van der Waals surface area contributed by atoms with Crippen molar-refractivity contribution in [2.45, 2.75) is 26.8 Å². The van der Waals surface area contributed by atoms with Crippen LogP contribution in [0, 0.1) is 6.92 Å². The lowest BCUT2D eigenvalue weighted by Crippen LogP contribution is -2.27. The molecule has 0 aliphatic carbocycles. The lowest BCUT2D eigenvalue weighted by atomic mass is 10.0. The summed E-state index contributed by atoms with van der Waals surface area (Å²) in [5, 5.41) is 1.36. The van der Waals surface area contributed by atoms with Crippen LogP contribution in [-0.4, -0.2) is 35.2 Å². The van der Waals surface area contributed by atoms with Gasteiger partial charge >= 0.3 is 0 Å². The van der Waals surface area contributed by atoms with Gasteiger partial charge < -0.3 is 14.2 Å². The number of likely N-dealkylation sites (N-methyl/N-ethyl adjacent to an activating group) is 1. The Labute approximate surface area is 154 Å². The van der Waals surface area contributed by atoms with Gasteiger partial charge in [0.1, 0.15) is 5.76 Å². The van der Waals surface area contributed by atoms with Crippen LogP contribution in [0.4, 0.5) is 0 Å². The summed E-state index contributed by atoms with van der Waals surface area (Å²) in [5.74, 6) is 0.895. The highest BCUT2D eigenvalue weighted by molar-refractivity contribution is 5.92. The van der Waals surface area contributed by atoms with Gasteiger partial charge in [-0.25, -0.2) is 0 Å². The van der Waals surface area contributed by atoms with Crippen molar-refractivity contribution in [1.29, 1.82) is 0 Å². The van der Waals surface area contributed by atoms with E-state index in [0.717, 1.165) is 36.5 Å². The van der Waals surface area contributed by atoms with E-state index in [2.05, 4.69) is 53.5 Å². The van der Waals surface area contributed by atoms with E-state index in [0.29, 0.717) is 0 Å². The molecule has 0 atom stereocenters. The van der Waals surface area contributed by atoms with Gasteiger partial charge in [0.2, 0.25) is 0 Å². The lowest BCUT2D eigenvalue weighted by Gasteiger charge is -2.25. The molecule has 4 heteroatoms. The molecule has 0 bridgehead atoms. The molecular weight excluding hydrogens is 322 g/mol. The quantitative estimate of drug-likeness (QED) is 0.661. The largest absolute Gasteiger partial charge is 0.494 e. The maximum atomic E-state index is 5.83. The number of aromatic nitrogens is 2. The molecule has 0 saturated carbocycles. The van der Waals surface area contributed by atoms with Gasteiger partial charge in [-0.1, -0.05) is 11.6 Å². The third-order valence-corrected chi connectivity index (χ3v) is 5.31. The van der Waals surface area contributed by atoms with Crippen molar-refractivity contribution in [3.05, 3.63) is 65.1 Å². The Balaban J connectivity index is 2.01. The second-order valence-corrected chi connectivity index (χ2v) is 7.12. The SMILES string of the molecule is CO/C(=C(/C)n1c2c(c3cc(C)ccc31)CN(C)CC2)c1ccncc1. The second-order valence-electron chi connectivity index (χ2n) is 7.12. The average molecular weight is 347 g/mol. The van der Waals surface area contributed by atoms with Gasteiger partial charge in [0.15, 0.2) is 0 Å². The highest BCUT2D eigenvalue weighted by Crippen LogP contribution is 2.35. The number of hydrogen-bond donors (Lipinski definition) is 0. The van der Waals surface area contributed by atoms with E-state index < -0.39 is 0 Å². The third kappa shape index (κ3) is 2.71. The van der Waals surface area contributed by atoms with Gasteiger partial charge in [0.25, 0.3) is 0 Å². The van der Waals surface area contributed by atoms with Crippen molar-refractivity contribution in [2.24, 2.45) is 0 Å². The van der Waals surface area contributed by atoms with Crippen molar-refractivity contribution in [1.82, 2.24) is 14.5 Å². The number of benzene rings is 1. The van der Waals surface area contributed by atoms with Crippen LogP contribution in [0.3, 0.4) is 0 Å². The van der Waals surface area contributed by atoms with Crippen molar-refractivity contribution in [3.63, 3.8) is 0 Å². The van der Waals surface area contributed by atoms with E-state index >= 15 is 0 Å². The van der Waals surface area contributed by atoms with E-state index in [-0.39, 0.29) is 0 Å². The summed E-state index contributed by atoms with van der Waals surface area (Å²) in [7, 11) is 3.94. The molecule has 3 heterocycles. The third-order valence-electron chi connectivity index (χ3n) is 5.31. The van der Waals surface area contributed by atoms with Crippen LogP contribution in [0.25, 0.3) is 22.4 Å². The number of nitrogens with zero attached hydrogens (tertiary/aromatic N) is 3. The summed E-state index contributed by atoms with van der Waals surface area (Å²) in [6.07, 6.45) is 4.66. The molecule has 134 valence electrons. The normalized spacial score (nSPS) is 15.7. The highest BCUT2D eigenvalue weighted by Gasteiger charge is 2.24. The van der Waals surface area contributed by atoms with E-state index in [1.807, 2.05) is 24.5 Å². The molecule has 4 rings (SSSR count). The highest BCUT2D eigenvalue weighted by atomic mass is 16.5. The standard InChI is InChI=1S/C22H25N3O/c1-15-5-6-20-18(13-15)19-14-24(3)12-9-21(19)25(20)16(2)22(26-4)17-7-10-23-11-8-17/h5-8,10-11,13H,9,12,14H2,1-4H3/b22-16-. The molecule has 4 nitrogen and oxygen atoms in total. The Bertz CT molecular complexity index is 986. The first kappa shape index (κ1) is 16.9. The van der Waals surface area contributed by atoms with Crippen molar-refractivity contribution in [2.75, 3.05) is 20.7 Å². The number of pyridine rings is 1. The van der Waals surface area contributed by atoms with E-state index in [4.69, 9.17) is 4.74 Å². The molecule has 1 aliphatic heterocycles. The zero-order chi connectivity index (χ0) is 18.3. The van der Waals surface area contributed by atoms with Gasteiger partial charge in [-0.05, 0) is 50.7 Å². The number of methoxy groups -OCH3 is 1. The van der Waals surface area contributed by atoms with E-state index in [1.165, 1.54) is 27.7 Å². The number of ether oxygens (including phenoxy) is 1. The van der Waals surface area contributed by atoms with Crippen LogP contribution in [0.2, 0.25) is 0 Å². The van der Waals surface area contributed by atoms with E-state index in [9.17, 15) is 0 Å². The number of hydrogen-bond acceptors (Lipinski definition) is 3. The Hall–Kier alpha value is -2.59. The van der Waals surface area contributed by atoms with E-state index in [1.54, 1.807) is 7.11 Å². The van der Waals surface area contributed by atoms with Crippen molar-refractivity contribution >= 4 is 22.4 Å². The smallest absolute Gasteiger partial charge is 0.145 e. The summed E-state index contributed by atoms with van der Waals surface area (Å²) >= 11 is 0. The second kappa shape index (κ2) is 6.61. The van der Waals surface area contributed by atoms with Crippen LogP contribution >= 0.6 is 0 Å². The zero-order valence-electron chi connectivity index (χ0n) is 15.9. The summed E-state index contributed by atoms with van der Waals surface area (Å²) in [5.41, 5.74) is 7.59. The van der Waals surface area contributed by atoms with Crippen LogP contribution < -0.4 is 0 Å². The molecule has 0 N–H and O–H groups in total. The minimum atomic E-state index is 0.895. The maximum absolute atomic E-state index is 5.83. The minimum Gasteiger partial charge on any atom is -0.494 e. The number of aryl methyl sites for hydroxylation is 1. The molecular formula is C22H25N3O. The fraction of sp³-hybridized carbons (Fsp3) is 0.318. The molecule has 26 heavy (non-hydrogen) atoms. The zero-order valence-corrected chi connectivity index (χ0v) is 15.9. The predicted molar refractivity (Wildman–Crippen MR) is 107 cm³/mol. The van der Waals surface area contributed by atoms with Crippen molar-refractivity contribution in [3.8, 4) is 0 Å². The predicted octanol–water partition coefficient (Wildman–Crippen LogP) is 4.32. The minimum absolute atomic E-state index is 0.895. The van der Waals surface area contributed by atoms with Gasteiger partial charge in [0, 0.05) is 48.5 Å². The molecule has 0 fully saturated rings. The van der Waals surface area contributed by atoms with Crippen molar-refractivity contribution < 1.29 is 4.74 Å². The van der Waals surface area contributed by atoms with Gasteiger partial charge in [-0.15, -0.1) is 0 Å². The molecule has 1 aliphatic rings. The summed E-state index contributed by atoms with van der Waals surface area (Å²) in [6.45, 7) is 6.38. The number of rotatable bonds is 3.